The Kier molecular flexibility index (Phi) is 12.5. The molecule has 33 heavy (non-hydrogen) atoms. The van der Waals surface area contributed by atoms with Crippen molar-refractivity contribution in [3.05, 3.63) is 41.4 Å². The molecule has 184 valence electrons. The number of hydrogen-bond donors (Lipinski definition) is 4. The van der Waals surface area contributed by atoms with Crippen LogP contribution < -0.4 is 5.43 Å². The van der Waals surface area contributed by atoms with Crippen LogP contribution in [0.15, 0.2) is 41.5 Å². The summed E-state index contributed by atoms with van der Waals surface area (Å²) in [5.41, 5.74) is 4.72. The number of hydrazone groups is 1. The van der Waals surface area contributed by atoms with Gasteiger partial charge in [0, 0.05) is 35.4 Å². The molecule has 0 amide bonds. The van der Waals surface area contributed by atoms with Crippen LogP contribution in [0.5, 0.6) is 0 Å². The smallest absolute Gasteiger partial charge is 0.303 e. The van der Waals surface area contributed by atoms with Crippen LogP contribution in [0.3, 0.4) is 0 Å². The Balaban J connectivity index is 2.04. The maximum absolute atomic E-state index is 10.9. The molecule has 1 aliphatic rings. The number of allylic oxidation sites excluding steroid dienone is 2. The molecule has 0 spiro atoms. The van der Waals surface area contributed by atoms with Crippen LogP contribution in [0.2, 0.25) is 5.02 Å². The maximum atomic E-state index is 10.9. The minimum absolute atomic E-state index is 0.0684. The number of benzene rings is 1. The monoisotopic (exact) mass is 478 g/mol. The number of aliphatic carboxylic acids is 1. The Bertz CT molecular complexity index is 766. The Morgan fingerprint density at radius 1 is 1.18 bits per heavy atom. The number of nitrogens with one attached hydrogen (secondary N) is 1. The average molecular weight is 479 g/mol. The molecule has 0 radical (unpaired) electrons. The highest BCUT2D eigenvalue weighted by Crippen LogP contribution is 2.37. The highest BCUT2D eigenvalue weighted by atomic mass is 35.5. The number of halogens is 1. The van der Waals surface area contributed by atoms with Gasteiger partial charge in [-0.3, -0.25) is 10.2 Å². The summed E-state index contributed by atoms with van der Waals surface area (Å²) in [7, 11) is 0. The van der Waals surface area contributed by atoms with Crippen molar-refractivity contribution in [1.29, 1.82) is 0 Å². The lowest BCUT2D eigenvalue weighted by molar-refractivity contribution is -0.137. The van der Waals surface area contributed by atoms with E-state index in [1.54, 1.807) is 12.1 Å². The van der Waals surface area contributed by atoms with Crippen LogP contribution >= 0.6 is 11.6 Å². The fourth-order valence-corrected chi connectivity index (χ4v) is 4.61. The third-order valence-corrected chi connectivity index (χ3v) is 6.55. The summed E-state index contributed by atoms with van der Waals surface area (Å²) in [5, 5.41) is 35.8. The molecule has 1 aromatic carbocycles. The van der Waals surface area contributed by atoms with Crippen molar-refractivity contribution < 1.29 is 20.1 Å². The van der Waals surface area contributed by atoms with E-state index in [0.29, 0.717) is 37.1 Å². The molecular formula is C26H39ClN2O4. The second kappa shape index (κ2) is 15.1. The van der Waals surface area contributed by atoms with E-state index in [0.717, 1.165) is 24.2 Å². The van der Waals surface area contributed by atoms with Gasteiger partial charge in [0.25, 0.3) is 0 Å². The molecular weight excluding hydrogens is 440 g/mol. The van der Waals surface area contributed by atoms with Gasteiger partial charge in [-0.15, -0.1) is 0 Å². The van der Waals surface area contributed by atoms with Crippen molar-refractivity contribution in [2.45, 2.75) is 89.8 Å². The molecule has 7 heteroatoms. The van der Waals surface area contributed by atoms with Crippen LogP contribution in [-0.4, -0.2) is 39.2 Å². The van der Waals surface area contributed by atoms with E-state index in [1.807, 2.05) is 24.3 Å². The van der Waals surface area contributed by atoms with Gasteiger partial charge in [0.15, 0.2) is 0 Å². The highest BCUT2D eigenvalue weighted by Gasteiger charge is 2.43. The first-order valence-corrected chi connectivity index (χ1v) is 12.6. The van der Waals surface area contributed by atoms with Crippen molar-refractivity contribution in [3.8, 4) is 0 Å². The normalized spacial score (nSPS) is 22.8. The number of nitrogens with zero attached hydrogens (tertiary/aromatic N) is 1. The molecule has 1 aliphatic carbocycles. The van der Waals surface area contributed by atoms with E-state index in [4.69, 9.17) is 16.7 Å². The number of rotatable bonds is 15. The largest absolute Gasteiger partial charge is 0.481 e. The fourth-order valence-electron chi connectivity index (χ4n) is 4.48. The number of aliphatic hydroxyl groups is 2. The van der Waals surface area contributed by atoms with Crippen LogP contribution in [0.1, 0.15) is 77.6 Å². The summed E-state index contributed by atoms with van der Waals surface area (Å²) in [6.45, 7) is 2.18. The molecule has 0 bridgehead atoms. The van der Waals surface area contributed by atoms with Crippen molar-refractivity contribution >= 4 is 29.0 Å². The zero-order valence-corrected chi connectivity index (χ0v) is 20.4. The van der Waals surface area contributed by atoms with Gasteiger partial charge in [0.2, 0.25) is 0 Å². The van der Waals surface area contributed by atoms with Crippen LogP contribution in [0.25, 0.3) is 0 Å². The number of carboxylic acid groups (broad SMARTS) is 1. The quantitative estimate of drug-likeness (QED) is 0.140. The summed E-state index contributed by atoms with van der Waals surface area (Å²) in [4.78, 5) is 10.7. The summed E-state index contributed by atoms with van der Waals surface area (Å²) < 4.78 is 0. The Labute approximate surface area is 202 Å². The zero-order chi connectivity index (χ0) is 24.1. The van der Waals surface area contributed by atoms with E-state index >= 15 is 0 Å². The molecule has 1 aromatic rings. The SMILES string of the molecule is CCCCCCCC(O)[C@@H]1C(O)CC(=NNc2ccc(Cl)cc2)[C@@H]1CC=CCCCC(=O)O. The van der Waals surface area contributed by atoms with Gasteiger partial charge in [-0.25, -0.2) is 0 Å². The molecule has 0 aliphatic heterocycles. The first-order chi connectivity index (χ1) is 15.9. The number of hydrogen-bond acceptors (Lipinski definition) is 5. The summed E-state index contributed by atoms with van der Waals surface area (Å²) in [6, 6.07) is 7.27. The fraction of sp³-hybridized carbons (Fsp3) is 0.615. The lowest BCUT2D eigenvalue weighted by atomic mass is 9.84. The second-order valence-corrected chi connectivity index (χ2v) is 9.38. The standard InChI is InChI=1S/C26H39ClN2O4/c1-2-3-4-5-9-12-23(30)26-21(11-8-6-7-10-13-25(32)33)22(18-24(26)31)29-28-20-16-14-19(27)15-17-20/h6,8,14-17,21,23-24,26,28,30-31H,2-5,7,9-13,18H2,1H3,(H,32,33)/t21-,23?,24?,26+/m0/s1. The molecule has 6 nitrogen and oxygen atoms in total. The van der Waals surface area contributed by atoms with Crippen molar-refractivity contribution in [2.75, 3.05) is 5.43 Å². The summed E-state index contributed by atoms with van der Waals surface area (Å²) in [5.74, 6) is -1.11. The number of carbonyl (C=O) groups is 1. The second-order valence-electron chi connectivity index (χ2n) is 8.94. The topological polar surface area (TPSA) is 102 Å². The lowest BCUT2D eigenvalue weighted by Crippen LogP contribution is -2.32. The van der Waals surface area contributed by atoms with E-state index in [-0.39, 0.29) is 18.3 Å². The molecule has 2 unspecified atom stereocenters. The molecule has 0 heterocycles. The van der Waals surface area contributed by atoms with Crippen LogP contribution in [0, 0.1) is 11.8 Å². The summed E-state index contributed by atoms with van der Waals surface area (Å²) >= 11 is 5.95. The van der Waals surface area contributed by atoms with Crippen LogP contribution in [-0.2, 0) is 4.79 Å². The predicted molar refractivity (Wildman–Crippen MR) is 135 cm³/mol. The van der Waals surface area contributed by atoms with E-state index in [2.05, 4.69) is 17.5 Å². The Morgan fingerprint density at radius 3 is 2.61 bits per heavy atom. The summed E-state index contributed by atoms with van der Waals surface area (Å²) in [6.07, 6.45) is 11.7. The Morgan fingerprint density at radius 2 is 1.91 bits per heavy atom. The predicted octanol–water partition coefficient (Wildman–Crippen LogP) is 6.03. The molecule has 1 saturated carbocycles. The van der Waals surface area contributed by atoms with Gasteiger partial charge in [-0.1, -0.05) is 62.8 Å². The first kappa shape index (κ1) is 27.4. The van der Waals surface area contributed by atoms with E-state index < -0.39 is 18.2 Å². The van der Waals surface area contributed by atoms with Gasteiger partial charge < -0.3 is 15.3 Å². The zero-order valence-electron chi connectivity index (χ0n) is 19.6. The van der Waals surface area contributed by atoms with Crippen LogP contribution in [0.4, 0.5) is 5.69 Å². The number of carboxylic acids is 1. The molecule has 4 N–H and O–H groups in total. The van der Waals surface area contributed by atoms with E-state index in [9.17, 15) is 15.0 Å². The van der Waals surface area contributed by atoms with Gasteiger partial charge in [0.1, 0.15) is 0 Å². The van der Waals surface area contributed by atoms with Gasteiger partial charge in [0.05, 0.1) is 17.9 Å². The van der Waals surface area contributed by atoms with Crippen molar-refractivity contribution in [3.63, 3.8) is 0 Å². The van der Waals surface area contributed by atoms with Gasteiger partial charge >= 0.3 is 5.97 Å². The number of anilines is 1. The highest BCUT2D eigenvalue weighted by molar-refractivity contribution is 6.30. The van der Waals surface area contributed by atoms with Gasteiger partial charge in [-0.05, 0) is 49.9 Å². The minimum atomic E-state index is -0.785. The van der Waals surface area contributed by atoms with Crippen molar-refractivity contribution in [1.82, 2.24) is 0 Å². The Hall–Kier alpha value is -1.89. The third kappa shape index (κ3) is 9.86. The molecule has 4 atom stereocenters. The maximum Gasteiger partial charge on any atom is 0.303 e. The molecule has 2 rings (SSSR count). The lowest BCUT2D eigenvalue weighted by Gasteiger charge is -2.26. The molecule has 0 saturated heterocycles. The molecule has 1 fully saturated rings. The minimum Gasteiger partial charge on any atom is -0.481 e. The van der Waals surface area contributed by atoms with E-state index in [1.165, 1.54) is 19.3 Å². The number of aliphatic hydroxyl groups excluding tert-OH is 2. The third-order valence-electron chi connectivity index (χ3n) is 6.29. The van der Waals surface area contributed by atoms with Gasteiger partial charge in [-0.2, -0.15) is 5.10 Å². The molecule has 0 aromatic heterocycles. The number of unbranched alkanes of at least 4 members (excludes halogenated alkanes) is 5. The van der Waals surface area contributed by atoms with Crippen molar-refractivity contribution in [2.24, 2.45) is 16.9 Å². The first-order valence-electron chi connectivity index (χ1n) is 12.2. The average Bonchev–Trinajstić information content (AvgIpc) is 3.10.